The molecule has 1 aliphatic heterocycles. The van der Waals surface area contributed by atoms with Gasteiger partial charge in [-0.15, -0.1) is 5.10 Å². The monoisotopic (exact) mass is 505 g/mol. The number of anilines is 3. The number of hydrogen-bond donors (Lipinski definition) is 3. The van der Waals surface area contributed by atoms with Crippen molar-refractivity contribution in [2.75, 3.05) is 42.4 Å². The van der Waals surface area contributed by atoms with Crippen molar-refractivity contribution in [1.29, 1.82) is 0 Å². The van der Waals surface area contributed by atoms with Gasteiger partial charge < -0.3 is 16.4 Å². The highest BCUT2D eigenvalue weighted by atomic mass is 32.2. The number of carbonyl (C=O) groups is 1. The molecule has 4 aromatic rings. The lowest BCUT2D eigenvalue weighted by Crippen LogP contribution is -2.48. The Kier molecular flexibility index (Phi) is 6.33. The van der Waals surface area contributed by atoms with E-state index in [4.69, 9.17) is 5.73 Å². The third kappa shape index (κ3) is 5.31. The van der Waals surface area contributed by atoms with Crippen LogP contribution < -0.4 is 16.4 Å². The van der Waals surface area contributed by atoms with Crippen molar-refractivity contribution < 1.29 is 13.2 Å². The maximum absolute atomic E-state index is 11.6. The summed E-state index contributed by atoms with van der Waals surface area (Å²) in [6.07, 6.45) is 2.93. The van der Waals surface area contributed by atoms with Crippen LogP contribution in [0.1, 0.15) is 11.5 Å². The van der Waals surface area contributed by atoms with E-state index in [2.05, 4.69) is 32.8 Å². The van der Waals surface area contributed by atoms with Gasteiger partial charge in [-0.2, -0.15) is 0 Å². The molecule has 0 atom stereocenters. The van der Waals surface area contributed by atoms with E-state index in [1.54, 1.807) is 10.7 Å². The normalized spacial score (nSPS) is 14.5. The molecule has 10 nitrogen and oxygen atoms in total. The van der Waals surface area contributed by atoms with Gasteiger partial charge in [-0.05, 0) is 35.9 Å². The van der Waals surface area contributed by atoms with Crippen LogP contribution in [0, 0.1) is 0 Å². The first kappa shape index (κ1) is 23.8. The third-order valence-corrected chi connectivity index (χ3v) is 6.77. The Hall–Kier alpha value is -3.96. The highest BCUT2D eigenvalue weighted by molar-refractivity contribution is 7.90. The molecule has 0 unspecified atom stereocenters. The van der Waals surface area contributed by atoms with Crippen LogP contribution in [0.2, 0.25) is 0 Å². The Morgan fingerprint density at radius 2 is 1.83 bits per heavy atom. The summed E-state index contributed by atoms with van der Waals surface area (Å²) < 4.78 is 25.1. The maximum Gasteiger partial charge on any atom is 0.245 e. The standard InChI is InChI=1S/C25H27N7O3S/c1-36(34,35)16-28-22-5-3-2-4-21(22)23-11-10-20-12-27-25(30-32(20)23)29-19-8-6-17(7-9-19)18-13-31(14-18)15-24(26)33/h2-12,18,28H,13-16H2,1H3,(H2,26,33)(H,29,30). The number of primary amides is 1. The van der Waals surface area contributed by atoms with Crippen molar-refractivity contribution in [3.8, 4) is 11.3 Å². The smallest absolute Gasteiger partial charge is 0.245 e. The number of amides is 1. The van der Waals surface area contributed by atoms with E-state index in [-0.39, 0.29) is 11.8 Å². The fraction of sp³-hybridized carbons (Fsp3) is 0.240. The van der Waals surface area contributed by atoms with Gasteiger partial charge in [-0.3, -0.25) is 9.69 Å². The molecule has 0 radical (unpaired) electrons. The second-order valence-corrected chi connectivity index (χ2v) is 11.2. The first-order valence-electron chi connectivity index (χ1n) is 11.5. The molecule has 0 bridgehead atoms. The predicted octanol–water partition coefficient (Wildman–Crippen LogP) is 2.44. The molecule has 4 N–H and O–H groups in total. The van der Waals surface area contributed by atoms with E-state index in [9.17, 15) is 13.2 Å². The summed E-state index contributed by atoms with van der Waals surface area (Å²) in [5.41, 5.74) is 10.5. The van der Waals surface area contributed by atoms with Crippen molar-refractivity contribution >= 4 is 38.6 Å². The van der Waals surface area contributed by atoms with Crippen LogP contribution in [-0.2, 0) is 14.6 Å². The molecule has 1 amide bonds. The van der Waals surface area contributed by atoms with Crippen molar-refractivity contribution in [2.45, 2.75) is 5.92 Å². The lowest BCUT2D eigenvalue weighted by Gasteiger charge is -2.38. The second-order valence-electron chi connectivity index (χ2n) is 9.03. The van der Waals surface area contributed by atoms with E-state index in [0.29, 0.717) is 24.1 Å². The zero-order valence-corrected chi connectivity index (χ0v) is 20.6. The van der Waals surface area contributed by atoms with Crippen molar-refractivity contribution in [3.63, 3.8) is 0 Å². The number of nitrogens with one attached hydrogen (secondary N) is 2. The Balaban J connectivity index is 1.33. The van der Waals surface area contributed by atoms with Gasteiger partial charge in [0.15, 0.2) is 9.84 Å². The largest absolute Gasteiger partial charge is 0.371 e. The van der Waals surface area contributed by atoms with Crippen LogP contribution >= 0.6 is 0 Å². The van der Waals surface area contributed by atoms with Gasteiger partial charge in [0.1, 0.15) is 5.88 Å². The molecular weight excluding hydrogens is 478 g/mol. The highest BCUT2D eigenvalue weighted by Gasteiger charge is 2.28. The molecule has 5 rings (SSSR count). The number of benzene rings is 2. The average Bonchev–Trinajstić information content (AvgIpc) is 3.23. The van der Waals surface area contributed by atoms with Gasteiger partial charge in [0.05, 0.1) is 24.0 Å². The molecule has 0 spiro atoms. The number of nitrogens with two attached hydrogens (primary N) is 1. The van der Waals surface area contributed by atoms with Gasteiger partial charge in [-0.25, -0.2) is 17.9 Å². The number of carbonyl (C=O) groups excluding carboxylic acids is 1. The van der Waals surface area contributed by atoms with Crippen LogP contribution in [-0.4, -0.2) is 65.6 Å². The topological polar surface area (TPSA) is 135 Å². The quantitative estimate of drug-likeness (QED) is 0.316. The molecule has 1 fully saturated rings. The third-order valence-electron chi connectivity index (χ3n) is 6.10. The van der Waals surface area contributed by atoms with Gasteiger partial charge in [-0.1, -0.05) is 30.3 Å². The molecule has 36 heavy (non-hydrogen) atoms. The molecule has 0 aliphatic carbocycles. The fourth-order valence-electron chi connectivity index (χ4n) is 4.33. The number of para-hydroxylation sites is 1. The molecule has 2 aromatic heterocycles. The molecule has 186 valence electrons. The SMILES string of the molecule is CS(=O)(=O)CNc1ccccc1-c1ccc2cnc(Nc3ccc(C4CN(CC(N)=O)C4)cc3)nn12. The summed E-state index contributed by atoms with van der Waals surface area (Å²) in [5.74, 6) is 0.370. The number of fused-ring (bicyclic) bond motifs is 1. The fourth-order valence-corrected chi connectivity index (χ4v) is 4.75. The van der Waals surface area contributed by atoms with Gasteiger partial charge in [0.2, 0.25) is 11.9 Å². The van der Waals surface area contributed by atoms with E-state index >= 15 is 0 Å². The highest BCUT2D eigenvalue weighted by Crippen LogP contribution is 2.30. The summed E-state index contributed by atoms with van der Waals surface area (Å²) in [6.45, 7) is 1.95. The Morgan fingerprint density at radius 1 is 1.08 bits per heavy atom. The minimum absolute atomic E-state index is 0.158. The van der Waals surface area contributed by atoms with Gasteiger partial charge in [0, 0.05) is 42.2 Å². The molecule has 1 aliphatic rings. The average molecular weight is 506 g/mol. The molecule has 1 saturated heterocycles. The number of likely N-dealkylation sites (tertiary alicyclic amines) is 1. The van der Waals surface area contributed by atoms with Crippen LogP contribution in [0.15, 0.2) is 66.9 Å². The zero-order chi connectivity index (χ0) is 25.3. The minimum atomic E-state index is -3.18. The van der Waals surface area contributed by atoms with E-state index < -0.39 is 9.84 Å². The van der Waals surface area contributed by atoms with E-state index in [0.717, 1.165) is 35.6 Å². The Labute approximate surface area is 209 Å². The molecule has 0 saturated carbocycles. The molecular formula is C25H27N7O3S. The van der Waals surface area contributed by atoms with Crippen molar-refractivity contribution in [2.24, 2.45) is 5.73 Å². The number of hydrogen-bond acceptors (Lipinski definition) is 8. The predicted molar refractivity (Wildman–Crippen MR) is 140 cm³/mol. The zero-order valence-electron chi connectivity index (χ0n) is 19.8. The Morgan fingerprint density at radius 3 is 2.56 bits per heavy atom. The first-order valence-corrected chi connectivity index (χ1v) is 13.5. The summed E-state index contributed by atoms with van der Waals surface area (Å²) in [6, 6.07) is 19.5. The number of sulfone groups is 1. The molecule has 11 heteroatoms. The summed E-state index contributed by atoms with van der Waals surface area (Å²) in [7, 11) is -3.18. The van der Waals surface area contributed by atoms with Crippen LogP contribution in [0.25, 0.3) is 16.8 Å². The van der Waals surface area contributed by atoms with Crippen LogP contribution in [0.3, 0.4) is 0 Å². The van der Waals surface area contributed by atoms with Gasteiger partial charge in [0.25, 0.3) is 0 Å². The maximum atomic E-state index is 11.6. The lowest BCUT2D eigenvalue weighted by molar-refractivity contribution is -0.120. The lowest BCUT2D eigenvalue weighted by atomic mass is 9.91. The summed E-state index contributed by atoms with van der Waals surface area (Å²) in [5, 5.41) is 10.9. The van der Waals surface area contributed by atoms with Crippen LogP contribution in [0.5, 0.6) is 0 Å². The Bertz CT molecular complexity index is 1510. The number of rotatable bonds is 9. The summed E-state index contributed by atoms with van der Waals surface area (Å²) in [4.78, 5) is 17.5. The minimum Gasteiger partial charge on any atom is -0.371 e. The van der Waals surface area contributed by atoms with Gasteiger partial charge >= 0.3 is 0 Å². The van der Waals surface area contributed by atoms with Crippen molar-refractivity contribution in [3.05, 3.63) is 72.4 Å². The summed E-state index contributed by atoms with van der Waals surface area (Å²) >= 11 is 0. The van der Waals surface area contributed by atoms with Crippen molar-refractivity contribution in [1.82, 2.24) is 19.5 Å². The van der Waals surface area contributed by atoms with E-state index in [1.807, 2.05) is 53.4 Å². The second kappa shape index (κ2) is 9.59. The van der Waals surface area contributed by atoms with Crippen LogP contribution in [0.4, 0.5) is 17.3 Å². The number of aromatic nitrogens is 3. The molecule has 2 aromatic carbocycles. The van der Waals surface area contributed by atoms with E-state index in [1.165, 1.54) is 11.8 Å². The molecule has 3 heterocycles. The first-order chi connectivity index (χ1) is 17.2. The number of nitrogens with zero attached hydrogens (tertiary/aromatic N) is 4.